The molecule has 0 bridgehead atoms. The van der Waals surface area contributed by atoms with E-state index in [4.69, 9.17) is 4.74 Å². The van der Waals surface area contributed by atoms with Crippen LogP contribution in [0.5, 0.6) is 0 Å². The van der Waals surface area contributed by atoms with Crippen molar-refractivity contribution >= 4 is 40.5 Å². The summed E-state index contributed by atoms with van der Waals surface area (Å²) in [6.45, 7) is 10.9. The molecular weight excluding hydrogens is 430 g/mol. The molecule has 2 N–H and O–H groups in total. The predicted octanol–water partition coefficient (Wildman–Crippen LogP) is 2.59. The molecule has 2 aromatic heterocycles. The Morgan fingerprint density at radius 1 is 1.31 bits per heavy atom. The van der Waals surface area contributed by atoms with Gasteiger partial charge in [0.05, 0.1) is 17.1 Å². The molecule has 32 heavy (non-hydrogen) atoms. The minimum absolute atomic E-state index is 0.363. The highest BCUT2D eigenvalue weighted by atomic mass is 32.1. The zero-order valence-corrected chi connectivity index (χ0v) is 19.6. The van der Waals surface area contributed by atoms with Crippen LogP contribution in [0.4, 0.5) is 21.6 Å². The number of hydrogen-bond acceptors (Lipinski definition) is 10. The van der Waals surface area contributed by atoms with Crippen molar-refractivity contribution in [2.75, 3.05) is 36.4 Å². The van der Waals surface area contributed by atoms with E-state index >= 15 is 0 Å². The Hall–Kier alpha value is -2.79. The van der Waals surface area contributed by atoms with Gasteiger partial charge < -0.3 is 20.3 Å². The number of alkyl carbamates (subject to hydrolysis) is 1. The van der Waals surface area contributed by atoms with Crippen LogP contribution in [0.1, 0.15) is 42.7 Å². The van der Waals surface area contributed by atoms with Crippen LogP contribution >= 0.6 is 11.3 Å². The van der Waals surface area contributed by atoms with E-state index in [1.807, 2.05) is 33.8 Å². The van der Waals surface area contributed by atoms with E-state index in [9.17, 15) is 9.59 Å². The molecule has 11 heteroatoms. The number of thiazole rings is 1. The number of fused-ring (bicyclic) bond motifs is 1. The van der Waals surface area contributed by atoms with Crippen LogP contribution in [0.25, 0.3) is 0 Å². The van der Waals surface area contributed by atoms with Gasteiger partial charge in [-0.25, -0.2) is 19.7 Å². The lowest BCUT2D eigenvalue weighted by molar-refractivity contribution is 0.00964. The van der Waals surface area contributed by atoms with Gasteiger partial charge in [0, 0.05) is 38.3 Å². The minimum Gasteiger partial charge on any atom is -0.444 e. The molecule has 1 amide bonds. The minimum atomic E-state index is -0.475. The third-order valence-electron chi connectivity index (χ3n) is 5.40. The second-order valence-corrected chi connectivity index (χ2v) is 10.1. The predicted molar refractivity (Wildman–Crippen MR) is 123 cm³/mol. The number of nitrogens with zero attached hydrogens (tertiary/aromatic N) is 5. The maximum atomic E-state index is 11.7. The lowest BCUT2D eigenvalue weighted by Crippen LogP contribution is -2.79. The van der Waals surface area contributed by atoms with Crippen molar-refractivity contribution in [3.05, 3.63) is 23.0 Å². The Balaban J connectivity index is 1.24. The number of carbonyl (C=O) groups is 2. The molecule has 10 nitrogen and oxygen atoms in total. The van der Waals surface area contributed by atoms with E-state index < -0.39 is 5.60 Å². The van der Waals surface area contributed by atoms with Crippen LogP contribution in [0.15, 0.2) is 12.3 Å². The lowest BCUT2D eigenvalue weighted by atomic mass is 9.85. The highest BCUT2D eigenvalue weighted by molar-refractivity contribution is 7.17. The van der Waals surface area contributed by atoms with E-state index in [-0.39, 0.29) is 6.09 Å². The summed E-state index contributed by atoms with van der Waals surface area (Å²) in [6, 6.07) is 2.91. The van der Waals surface area contributed by atoms with Crippen molar-refractivity contribution in [3.63, 3.8) is 0 Å². The van der Waals surface area contributed by atoms with Crippen molar-refractivity contribution in [1.82, 2.24) is 25.2 Å². The van der Waals surface area contributed by atoms with Crippen LogP contribution < -0.4 is 15.5 Å². The summed E-state index contributed by atoms with van der Waals surface area (Å²) >= 11 is 1.29. The summed E-state index contributed by atoms with van der Waals surface area (Å²) in [5.74, 6) is 2.26. The van der Waals surface area contributed by atoms with Crippen LogP contribution in [0.2, 0.25) is 0 Å². The molecule has 2 saturated heterocycles. The first kappa shape index (κ1) is 22.4. The number of aldehydes is 1. The Kier molecular flexibility index (Phi) is 6.29. The van der Waals surface area contributed by atoms with Crippen molar-refractivity contribution in [1.29, 1.82) is 0 Å². The van der Waals surface area contributed by atoms with E-state index in [0.717, 1.165) is 38.2 Å². The Bertz CT molecular complexity index is 990. The number of likely N-dealkylation sites (tertiary alicyclic amines) is 1. The highest BCUT2D eigenvalue weighted by Crippen LogP contribution is 2.37. The molecule has 0 radical (unpaired) electrons. The van der Waals surface area contributed by atoms with E-state index in [1.54, 1.807) is 6.20 Å². The SMILES string of the molecule is Cc1nc(Nc2ncc(C=O)s2)cc(N2CC3[C@@H]2CN3CCCNC(=O)OC(C)(C)C)n1. The zero-order valence-electron chi connectivity index (χ0n) is 18.8. The van der Waals surface area contributed by atoms with Crippen LogP contribution in [0.3, 0.4) is 0 Å². The maximum Gasteiger partial charge on any atom is 0.407 e. The number of rotatable bonds is 8. The quantitative estimate of drug-likeness (QED) is 0.454. The second-order valence-electron chi connectivity index (χ2n) is 9.03. The molecule has 4 heterocycles. The van der Waals surface area contributed by atoms with Gasteiger partial charge >= 0.3 is 6.09 Å². The number of anilines is 3. The number of aryl methyl sites for hydroxylation is 1. The number of piperazine rings is 1. The van der Waals surface area contributed by atoms with Gasteiger partial charge in [0.15, 0.2) is 11.4 Å². The Morgan fingerprint density at radius 2 is 2.12 bits per heavy atom. The fraction of sp³-hybridized carbons (Fsp3) is 0.571. The first-order valence-corrected chi connectivity index (χ1v) is 11.5. The van der Waals surface area contributed by atoms with Crippen LogP contribution in [0, 0.1) is 6.92 Å². The van der Waals surface area contributed by atoms with Gasteiger partial charge in [0.25, 0.3) is 0 Å². The molecule has 2 aliphatic rings. The smallest absolute Gasteiger partial charge is 0.407 e. The summed E-state index contributed by atoms with van der Waals surface area (Å²) in [6.07, 6.45) is 2.86. The first-order valence-electron chi connectivity index (χ1n) is 10.7. The molecular formula is C21H29N7O3S. The number of hydrogen-bond donors (Lipinski definition) is 2. The number of carbonyl (C=O) groups excluding carboxylic acids is 2. The summed E-state index contributed by atoms with van der Waals surface area (Å²) < 4.78 is 5.25. The summed E-state index contributed by atoms with van der Waals surface area (Å²) in [5, 5.41) is 6.61. The fourth-order valence-corrected chi connectivity index (χ4v) is 4.56. The zero-order chi connectivity index (χ0) is 22.9. The van der Waals surface area contributed by atoms with Crippen molar-refractivity contribution in [2.24, 2.45) is 0 Å². The Morgan fingerprint density at radius 3 is 2.78 bits per heavy atom. The molecule has 172 valence electrons. The largest absolute Gasteiger partial charge is 0.444 e. The third kappa shape index (κ3) is 5.16. The van der Waals surface area contributed by atoms with Crippen molar-refractivity contribution < 1.29 is 14.3 Å². The molecule has 2 atom stereocenters. The maximum absolute atomic E-state index is 11.7. The monoisotopic (exact) mass is 459 g/mol. The number of amides is 1. The van der Waals surface area contributed by atoms with E-state index in [2.05, 4.69) is 35.4 Å². The van der Waals surface area contributed by atoms with Crippen LogP contribution in [-0.4, -0.2) is 76.1 Å². The van der Waals surface area contributed by atoms with Gasteiger partial charge in [-0.2, -0.15) is 0 Å². The molecule has 2 fully saturated rings. The molecule has 0 aliphatic carbocycles. The number of aromatic nitrogens is 3. The standard InChI is InChI=1S/C21H29N7O3S/c1-13-24-17(26-19-23-9-14(12-29)32-19)8-18(25-13)28-11-15-16(28)10-27(15)7-5-6-22-20(30)31-21(2,3)4/h8-9,12,15-16H,5-7,10-11H2,1-4H3,(H,22,30)(H,23,24,25,26)/t15?,16-/m0/s1. The third-order valence-corrected chi connectivity index (χ3v) is 6.24. The molecule has 2 aliphatic heterocycles. The first-order chi connectivity index (χ1) is 15.2. The summed E-state index contributed by atoms with van der Waals surface area (Å²) in [7, 11) is 0. The van der Waals surface area contributed by atoms with Gasteiger partial charge in [-0.3, -0.25) is 9.69 Å². The lowest BCUT2D eigenvalue weighted by Gasteiger charge is -2.62. The number of ether oxygens (including phenoxy) is 1. The summed E-state index contributed by atoms with van der Waals surface area (Å²) in [5.41, 5.74) is -0.475. The average molecular weight is 460 g/mol. The average Bonchev–Trinajstić information content (AvgIpc) is 3.13. The molecule has 1 unspecified atom stereocenters. The molecule has 0 spiro atoms. The van der Waals surface area contributed by atoms with Crippen LogP contribution in [-0.2, 0) is 4.74 Å². The topological polar surface area (TPSA) is 113 Å². The van der Waals surface area contributed by atoms with Gasteiger partial charge in [0.1, 0.15) is 23.1 Å². The molecule has 0 aromatic carbocycles. The number of nitrogens with one attached hydrogen (secondary N) is 2. The molecule has 0 saturated carbocycles. The van der Waals surface area contributed by atoms with Gasteiger partial charge in [-0.1, -0.05) is 11.3 Å². The van der Waals surface area contributed by atoms with Gasteiger partial charge in [-0.15, -0.1) is 0 Å². The van der Waals surface area contributed by atoms with Crippen molar-refractivity contribution in [3.8, 4) is 0 Å². The Labute approximate surface area is 191 Å². The van der Waals surface area contributed by atoms with Crippen molar-refractivity contribution in [2.45, 2.75) is 51.8 Å². The summed E-state index contributed by atoms with van der Waals surface area (Å²) in [4.78, 5) is 41.1. The fourth-order valence-electron chi connectivity index (χ4n) is 3.92. The van der Waals surface area contributed by atoms with Gasteiger partial charge in [-0.05, 0) is 34.1 Å². The normalized spacial score (nSPS) is 20.1. The van der Waals surface area contributed by atoms with E-state index in [1.165, 1.54) is 11.3 Å². The highest BCUT2D eigenvalue weighted by Gasteiger charge is 2.51. The molecule has 4 rings (SSSR count). The second kappa shape index (κ2) is 8.99. The molecule has 2 aromatic rings. The van der Waals surface area contributed by atoms with E-state index in [0.29, 0.717) is 40.3 Å². The van der Waals surface area contributed by atoms with Gasteiger partial charge in [0.2, 0.25) is 0 Å².